The third kappa shape index (κ3) is 4.04. The van der Waals surface area contributed by atoms with E-state index in [1.165, 1.54) is 0 Å². The fourth-order valence-corrected chi connectivity index (χ4v) is 2.68. The normalized spacial score (nSPS) is 16.0. The van der Waals surface area contributed by atoms with Crippen LogP contribution in [-0.4, -0.2) is 24.1 Å². The van der Waals surface area contributed by atoms with E-state index in [1.54, 1.807) is 6.20 Å². The molecule has 1 amide bonds. The van der Waals surface area contributed by atoms with Gasteiger partial charge in [-0.05, 0) is 36.1 Å². The van der Waals surface area contributed by atoms with Crippen molar-refractivity contribution in [1.29, 1.82) is 0 Å². The quantitative estimate of drug-likeness (QED) is 0.887. The number of aromatic nitrogens is 1. The monoisotopic (exact) mass is 326 g/mol. The first-order valence-corrected chi connectivity index (χ1v) is 8.32. The minimum Gasteiger partial charge on any atom is -0.492 e. The number of fused-ring (bicyclic) bond motifs is 1. The number of nitrogens with one attached hydrogen (secondary N) is 1. The maximum absolute atomic E-state index is 12.4. The minimum absolute atomic E-state index is 0.0114. The standard InChI is InChI=1S/C19H22N2O3/c1-2-9-23-18-10-14(7-8-20-18)12-21-19(22)16-11-15-5-3-4-6-17(15)24-13-16/h3-8,10,16H,2,9,11-13H2,1H3,(H,21,22). The van der Waals surface area contributed by atoms with Crippen molar-refractivity contribution >= 4 is 5.91 Å². The van der Waals surface area contributed by atoms with Gasteiger partial charge in [0, 0.05) is 18.8 Å². The number of hydrogen-bond donors (Lipinski definition) is 1. The van der Waals surface area contributed by atoms with Crippen LogP contribution in [0.3, 0.4) is 0 Å². The summed E-state index contributed by atoms with van der Waals surface area (Å²) in [7, 11) is 0. The van der Waals surface area contributed by atoms with E-state index in [0.29, 0.717) is 32.1 Å². The van der Waals surface area contributed by atoms with Crippen molar-refractivity contribution in [2.75, 3.05) is 13.2 Å². The Labute approximate surface area is 142 Å². The van der Waals surface area contributed by atoms with Gasteiger partial charge in [-0.1, -0.05) is 25.1 Å². The third-order valence-corrected chi connectivity index (χ3v) is 3.97. The van der Waals surface area contributed by atoms with Crippen LogP contribution in [0.5, 0.6) is 11.6 Å². The molecule has 0 saturated heterocycles. The van der Waals surface area contributed by atoms with Gasteiger partial charge in [0.1, 0.15) is 12.4 Å². The summed E-state index contributed by atoms with van der Waals surface area (Å²) in [6, 6.07) is 11.6. The zero-order chi connectivity index (χ0) is 16.8. The fraction of sp³-hybridized carbons (Fsp3) is 0.368. The van der Waals surface area contributed by atoms with Crippen LogP contribution in [0.1, 0.15) is 24.5 Å². The number of nitrogens with zero attached hydrogens (tertiary/aromatic N) is 1. The summed E-state index contributed by atoms with van der Waals surface area (Å²) in [6.45, 7) is 3.57. The molecule has 1 atom stereocenters. The number of ether oxygens (including phenoxy) is 2. The molecular formula is C19H22N2O3. The molecule has 24 heavy (non-hydrogen) atoms. The van der Waals surface area contributed by atoms with E-state index < -0.39 is 0 Å². The van der Waals surface area contributed by atoms with E-state index in [1.807, 2.05) is 36.4 Å². The van der Waals surface area contributed by atoms with Crippen molar-refractivity contribution in [3.05, 3.63) is 53.7 Å². The van der Waals surface area contributed by atoms with Gasteiger partial charge < -0.3 is 14.8 Å². The molecule has 1 aliphatic rings. The van der Waals surface area contributed by atoms with E-state index >= 15 is 0 Å². The largest absolute Gasteiger partial charge is 0.492 e. The molecule has 5 nitrogen and oxygen atoms in total. The highest BCUT2D eigenvalue weighted by Gasteiger charge is 2.25. The molecule has 1 unspecified atom stereocenters. The summed E-state index contributed by atoms with van der Waals surface area (Å²) in [5, 5.41) is 2.98. The van der Waals surface area contributed by atoms with Crippen LogP contribution < -0.4 is 14.8 Å². The van der Waals surface area contributed by atoms with Gasteiger partial charge in [-0.2, -0.15) is 0 Å². The summed E-state index contributed by atoms with van der Waals surface area (Å²) in [6.07, 6.45) is 3.35. The number of amides is 1. The molecule has 1 N–H and O–H groups in total. The highest BCUT2D eigenvalue weighted by Crippen LogP contribution is 2.26. The van der Waals surface area contributed by atoms with E-state index in [9.17, 15) is 4.79 Å². The molecule has 0 aliphatic carbocycles. The average Bonchev–Trinajstić information content (AvgIpc) is 2.64. The van der Waals surface area contributed by atoms with Crippen LogP contribution in [0.2, 0.25) is 0 Å². The number of rotatable bonds is 6. The molecule has 0 bridgehead atoms. The molecule has 0 radical (unpaired) electrons. The summed E-state index contributed by atoms with van der Waals surface area (Å²) >= 11 is 0. The Morgan fingerprint density at radius 2 is 2.25 bits per heavy atom. The predicted molar refractivity (Wildman–Crippen MR) is 91.0 cm³/mol. The van der Waals surface area contributed by atoms with Gasteiger partial charge in [0.2, 0.25) is 11.8 Å². The number of carbonyl (C=O) groups is 1. The van der Waals surface area contributed by atoms with Gasteiger partial charge in [-0.15, -0.1) is 0 Å². The summed E-state index contributed by atoms with van der Waals surface area (Å²) in [5.74, 6) is 1.34. The number of pyridine rings is 1. The molecule has 1 aromatic heterocycles. The Bertz CT molecular complexity index is 703. The molecule has 2 aromatic rings. The van der Waals surface area contributed by atoms with Gasteiger partial charge in [0.15, 0.2) is 0 Å². The molecule has 5 heteroatoms. The number of hydrogen-bond acceptors (Lipinski definition) is 4. The van der Waals surface area contributed by atoms with E-state index in [0.717, 1.165) is 23.3 Å². The molecule has 2 heterocycles. The Morgan fingerprint density at radius 1 is 1.38 bits per heavy atom. The van der Waals surface area contributed by atoms with Gasteiger partial charge in [-0.25, -0.2) is 4.98 Å². The second-order valence-electron chi connectivity index (χ2n) is 5.89. The lowest BCUT2D eigenvalue weighted by molar-refractivity contribution is -0.126. The molecule has 0 fully saturated rings. The average molecular weight is 326 g/mol. The minimum atomic E-state index is -0.155. The lowest BCUT2D eigenvalue weighted by Crippen LogP contribution is -2.37. The van der Waals surface area contributed by atoms with Crippen LogP contribution in [0.4, 0.5) is 0 Å². The van der Waals surface area contributed by atoms with Crippen LogP contribution >= 0.6 is 0 Å². The van der Waals surface area contributed by atoms with Crippen LogP contribution in [0, 0.1) is 5.92 Å². The lowest BCUT2D eigenvalue weighted by atomic mass is 9.96. The maximum Gasteiger partial charge on any atom is 0.227 e. The molecule has 1 aliphatic heterocycles. The molecule has 0 spiro atoms. The van der Waals surface area contributed by atoms with Crippen molar-refractivity contribution in [1.82, 2.24) is 10.3 Å². The van der Waals surface area contributed by atoms with Crippen LogP contribution in [0.15, 0.2) is 42.6 Å². The second-order valence-corrected chi connectivity index (χ2v) is 5.89. The molecule has 126 valence electrons. The van der Waals surface area contributed by atoms with E-state index in [-0.39, 0.29) is 11.8 Å². The molecule has 0 saturated carbocycles. The summed E-state index contributed by atoms with van der Waals surface area (Å²) in [5.41, 5.74) is 2.06. The van der Waals surface area contributed by atoms with Crippen LogP contribution in [-0.2, 0) is 17.8 Å². The van der Waals surface area contributed by atoms with Gasteiger partial charge in [-0.3, -0.25) is 4.79 Å². The molecule has 3 rings (SSSR count). The zero-order valence-corrected chi connectivity index (χ0v) is 13.8. The van der Waals surface area contributed by atoms with E-state index in [2.05, 4.69) is 17.2 Å². The topological polar surface area (TPSA) is 60.5 Å². The second kappa shape index (κ2) is 7.81. The molecular weight excluding hydrogens is 304 g/mol. The Hall–Kier alpha value is -2.56. The summed E-state index contributed by atoms with van der Waals surface area (Å²) < 4.78 is 11.2. The van der Waals surface area contributed by atoms with E-state index in [4.69, 9.17) is 9.47 Å². The first-order chi connectivity index (χ1) is 11.8. The van der Waals surface area contributed by atoms with Crippen molar-refractivity contribution in [2.24, 2.45) is 5.92 Å². The fourth-order valence-electron chi connectivity index (χ4n) is 2.68. The van der Waals surface area contributed by atoms with Gasteiger partial charge >= 0.3 is 0 Å². The first-order valence-electron chi connectivity index (χ1n) is 8.32. The zero-order valence-electron chi connectivity index (χ0n) is 13.8. The Morgan fingerprint density at radius 3 is 3.12 bits per heavy atom. The lowest BCUT2D eigenvalue weighted by Gasteiger charge is -2.24. The van der Waals surface area contributed by atoms with Crippen molar-refractivity contribution in [3.8, 4) is 11.6 Å². The maximum atomic E-state index is 12.4. The predicted octanol–water partition coefficient (Wildman–Crippen LogP) is 2.74. The van der Waals surface area contributed by atoms with Gasteiger partial charge in [0.25, 0.3) is 0 Å². The number of benzene rings is 1. The Kier molecular flexibility index (Phi) is 5.31. The highest BCUT2D eigenvalue weighted by atomic mass is 16.5. The highest BCUT2D eigenvalue weighted by molar-refractivity contribution is 5.79. The third-order valence-electron chi connectivity index (χ3n) is 3.97. The number of carbonyl (C=O) groups excluding carboxylic acids is 1. The van der Waals surface area contributed by atoms with Crippen molar-refractivity contribution in [2.45, 2.75) is 26.3 Å². The summed E-state index contributed by atoms with van der Waals surface area (Å²) in [4.78, 5) is 16.6. The number of para-hydroxylation sites is 1. The van der Waals surface area contributed by atoms with Crippen molar-refractivity contribution in [3.63, 3.8) is 0 Å². The first kappa shape index (κ1) is 16.3. The van der Waals surface area contributed by atoms with Crippen LogP contribution in [0.25, 0.3) is 0 Å². The smallest absolute Gasteiger partial charge is 0.227 e. The Balaban J connectivity index is 1.54. The SMILES string of the molecule is CCCOc1cc(CNC(=O)C2COc3ccccc3C2)ccn1. The van der Waals surface area contributed by atoms with Gasteiger partial charge in [0.05, 0.1) is 12.5 Å². The van der Waals surface area contributed by atoms with Crippen molar-refractivity contribution < 1.29 is 14.3 Å². The molecule has 1 aromatic carbocycles.